The number of amides is 2. The fourth-order valence-corrected chi connectivity index (χ4v) is 2.54. The monoisotopic (exact) mass is 332 g/mol. The number of carbonyl (C=O) groups is 1. The number of halogens is 3. The molecule has 1 atom stereocenters. The molecule has 0 aliphatic carbocycles. The minimum absolute atomic E-state index is 0.0866. The summed E-state index contributed by atoms with van der Waals surface area (Å²) in [6.45, 7) is 0.735. The average Bonchev–Trinajstić information content (AvgIpc) is 2.94. The van der Waals surface area contributed by atoms with Gasteiger partial charge >= 0.3 is 12.2 Å². The van der Waals surface area contributed by atoms with Crippen LogP contribution in [-0.2, 0) is 0 Å². The average molecular weight is 332 g/mol. The molecule has 1 aromatic rings. The molecule has 0 bridgehead atoms. The second-order valence-electron chi connectivity index (χ2n) is 5.49. The molecular formula is C15H19F3N2O3. The summed E-state index contributed by atoms with van der Waals surface area (Å²) < 4.78 is 41.2. The Morgan fingerprint density at radius 1 is 1.48 bits per heavy atom. The van der Waals surface area contributed by atoms with Crippen LogP contribution in [-0.4, -0.2) is 48.0 Å². The van der Waals surface area contributed by atoms with Gasteiger partial charge in [-0.15, -0.1) is 0 Å². The summed E-state index contributed by atoms with van der Waals surface area (Å²) in [7, 11) is 0. The first-order valence-electron chi connectivity index (χ1n) is 7.29. The van der Waals surface area contributed by atoms with Crippen LogP contribution in [0.25, 0.3) is 0 Å². The molecule has 1 saturated heterocycles. The smallest absolute Gasteiger partial charge is 0.422 e. The minimum atomic E-state index is -4.39. The van der Waals surface area contributed by atoms with E-state index in [0.717, 1.165) is 12.8 Å². The topological polar surface area (TPSA) is 61.8 Å². The summed E-state index contributed by atoms with van der Waals surface area (Å²) in [6.07, 6.45) is -2.80. The first-order valence-corrected chi connectivity index (χ1v) is 7.29. The van der Waals surface area contributed by atoms with Crippen LogP contribution in [0.5, 0.6) is 5.75 Å². The second-order valence-corrected chi connectivity index (χ2v) is 5.49. The molecular weight excluding hydrogens is 313 g/mol. The van der Waals surface area contributed by atoms with Gasteiger partial charge < -0.3 is 20.1 Å². The Hall–Kier alpha value is -1.96. The van der Waals surface area contributed by atoms with E-state index in [-0.39, 0.29) is 24.4 Å². The summed E-state index contributed by atoms with van der Waals surface area (Å²) in [5, 5.41) is 11.9. The Kier molecular flexibility index (Phi) is 5.35. The Bertz CT molecular complexity index is 563. The van der Waals surface area contributed by atoms with Gasteiger partial charge in [0.1, 0.15) is 5.75 Å². The number of aryl methyl sites for hydroxylation is 1. The molecule has 128 valence electrons. The van der Waals surface area contributed by atoms with E-state index in [0.29, 0.717) is 17.8 Å². The number of nitrogens with one attached hydrogen (secondary N) is 1. The molecule has 0 saturated carbocycles. The molecule has 1 aliphatic heterocycles. The van der Waals surface area contributed by atoms with Gasteiger partial charge in [-0.1, -0.05) is 0 Å². The highest BCUT2D eigenvalue weighted by Crippen LogP contribution is 2.25. The maximum atomic E-state index is 12.2. The van der Waals surface area contributed by atoms with Crippen molar-refractivity contribution in [3.05, 3.63) is 23.8 Å². The Labute approximate surface area is 132 Å². The number of likely N-dealkylation sites (tertiary alicyclic amines) is 1. The second kappa shape index (κ2) is 7.08. The zero-order chi connectivity index (χ0) is 17.0. The van der Waals surface area contributed by atoms with Gasteiger partial charge in [-0.05, 0) is 43.5 Å². The first-order chi connectivity index (χ1) is 10.8. The number of rotatable bonds is 4. The third-order valence-corrected chi connectivity index (χ3v) is 3.67. The lowest BCUT2D eigenvalue weighted by Crippen LogP contribution is -2.40. The number of ether oxygens (including phenoxy) is 1. The van der Waals surface area contributed by atoms with Crippen LogP contribution in [0.2, 0.25) is 0 Å². The van der Waals surface area contributed by atoms with E-state index in [1.54, 1.807) is 17.9 Å². The van der Waals surface area contributed by atoms with Crippen molar-refractivity contribution in [2.45, 2.75) is 32.0 Å². The predicted molar refractivity (Wildman–Crippen MR) is 78.6 cm³/mol. The van der Waals surface area contributed by atoms with Gasteiger partial charge in [-0.25, -0.2) is 4.79 Å². The first kappa shape index (κ1) is 17.4. The lowest BCUT2D eigenvalue weighted by Gasteiger charge is -2.23. The van der Waals surface area contributed by atoms with E-state index in [2.05, 4.69) is 5.32 Å². The zero-order valence-electron chi connectivity index (χ0n) is 12.7. The molecule has 1 heterocycles. The van der Waals surface area contributed by atoms with Crippen LogP contribution in [0.3, 0.4) is 0 Å². The summed E-state index contributed by atoms with van der Waals surface area (Å²) in [4.78, 5) is 13.7. The van der Waals surface area contributed by atoms with Crippen molar-refractivity contribution in [3.8, 4) is 5.75 Å². The van der Waals surface area contributed by atoms with Crippen LogP contribution in [0.15, 0.2) is 18.2 Å². The van der Waals surface area contributed by atoms with E-state index < -0.39 is 12.8 Å². The number of nitrogens with zero attached hydrogens (tertiary/aromatic N) is 1. The molecule has 5 nitrogen and oxygen atoms in total. The molecule has 1 fully saturated rings. The van der Waals surface area contributed by atoms with Gasteiger partial charge in [0, 0.05) is 12.2 Å². The maximum Gasteiger partial charge on any atom is 0.422 e. The Balaban J connectivity index is 1.98. The molecule has 0 spiro atoms. The van der Waals surface area contributed by atoms with Crippen molar-refractivity contribution in [1.29, 1.82) is 0 Å². The number of hydrogen-bond acceptors (Lipinski definition) is 3. The minimum Gasteiger partial charge on any atom is -0.484 e. The molecule has 2 amide bonds. The van der Waals surface area contributed by atoms with Crippen molar-refractivity contribution in [2.24, 2.45) is 0 Å². The summed E-state index contributed by atoms with van der Waals surface area (Å²) >= 11 is 0. The molecule has 0 unspecified atom stereocenters. The molecule has 0 aromatic heterocycles. The number of anilines is 1. The van der Waals surface area contributed by atoms with Crippen LogP contribution in [0.4, 0.5) is 23.7 Å². The summed E-state index contributed by atoms with van der Waals surface area (Å²) in [5.41, 5.74) is 0.961. The standard InChI is InChI=1S/C15H19F3N2O3/c1-10-7-11(4-5-13(10)23-9-15(16,17)18)19-14(22)20-6-2-3-12(20)8-21/h4-5,7,12,21H,2-3,6,8-9H2,1H3,(H,19,22)/t12-/m1/s1. The van der Waals surface area contributed by atoms with Gasteiger partial charge in [0.05, 0.1) is 12.6 Å². The van der Waals surface area contributed by atoms with E-state index in [9.17, 15) is 23.1 Å². The fraction of sp³-hybridized carbons (Fsp3) is 0.533. The molecule has 1 aliphatic rings. The number of aliphatic hydroxyl groups excluding tert-OH is 1. The molecule has 2 rings (SSSR count). The fourth-order valence-electron chi connectivity index (χ4n) is 2.54. The van der Waals surface area contributed by atoms with Crippen LogP contribution >= 0.6 is 0 Å². The molecule has 2 N–H and O–H groups in total. The van der Waals surface area contributed by atoms with Crippen molar-refractivity contribution < 1.29 is 27.8 Å². The van der Waals surface area contributed by atoms with Crippen molar-refractivity contribution in [2.75, 3.05) is 25.1 Å². The third kappa shape index (κ3) is 4.75. The van der Waals surface area contributed by atoms with E-state index in [1.807, 2.05) is 0 Å². The number of benzene rings is 1. The third-order valence-electron chi connectivity index (χ3n) is 3.67. The number of carbonyl (C=O) groups excluding carboxylic acids is 1. The van der Waals surface area contributed by atoms with Crippen molar-refractivity contribution >= 4 is 11.7 Å². The summed E-state index contributed by atoms with van der Waals surface area (Å²) in [5.74, 6) is 0.120. The van der Waals surface area contributed by atoms with E-state index in [1.165, 1.54) is 12.1 Å². The Morgan fingerprint density at radius 2 is 2.22 bits per heavy atom. The number of alkyl halides is 3. The van der Waals surface area contributed by atoms with Crippen LogP contribution in [0.1, 0.15) is 18.4 Å². The van der Waals surface area contributed by atoms with Gasteiger partial charge in [0.25, 0.3) is 0 Å². The predicted octanol–water partition coefficient (Wildman–Crippen LogP) is 2.92. The molecule has 8 heteroatoms. The highest BCUT2D eigenvalue weighted by molar-refractivity contribution is 5.90. The van der Waals surface area contributed by atoms with Crippen molar-refractivity contribution in [3.63, 3.8) is 0 Å². The highest BCUT2D eigenvalue weighted by atomic mass is 19.4. The van der Waals surface area contributed by atoms with Gasteiger partial charge in [-0.2, -0.15) is 13.2 Å². The largest absolute Gasteiger partial charge is 0.484 e. The lowest BCUT2D eigenvalue weighted by atomic mass is 10.2. The SMILES string of the molecule is Cc1cc(NC(=O)N2CCC[C@@H]2CO)ccc1OCC(F)(F)F. The number of aliphatic hydroxyl groups is 1. The van der Waals surface area contributed by atoms with E-state index in [4.69, 9.17) is 4.74 Å². The van der Waals surface area contributed by atoms with Crippen molar-refractivity contribution in [1.82, 2.24) is 4.90 Å². The van der Waals surface area contributed by atoms with E-state index >= 15 is 0 Å². The summed E-state index contributed by atoms with van der Waals surface area (Å²) in [6, 6.07) is 3.91. The molecule has 1 aromatic carbocycles. The highest BCUT2D eigenvalue weighted by Gasteiger charge is 2.29. The van der Waals surface area contributed by atoms with Gasteiger partial charge in [0.2, 0.25) is 0 Å². The molecule has 23 heavy (non-hydrogen) atoms. The maximum absolute atomic E-state index is 12.2. The van der Waals surface area contributed by atoms with Crippen LogP contribution < -0.4 is 10.1 Å². The normalized spacial score (nSPS) is 18.1. The van der Waals surface area contributed by atoms with Gasteiger partial charge in [0.15, 0.2) is 6.61 Å². The molecule has 0 radical (unpaired) electrons. The number of urea groups is 1. The van der Waals surface area contributed by atoms with Crippen LogP contribution in [0, 0.1) is 6.92 Å². The zero-order valence-corrected chi connectivity index (χ0v) is 12.7. The quantitative estimate of drug-likeness (QED) is 0.891. The Morgan fingerprint density at radius 3 is 2.83 bits per heavy atom. The lowest BCUT2D eigenvalue weighted by molar-refractivity contribution is -0.153. The number of hydrogen-bond donors (Lipinski definition) is 2. The van der Waals surface area contributed by atoms with Gasteiger partial charge in [-0.3, -0.25) is 0 Å².